The summed E-state index contributed by atoms with van der Waals surface area (Å²) in [4.78, 5) is 23.1. The molecule has 0 atom stereocenters. The Morgan fingerprint density at radius 1 is 1.14 bits per heavy atom. The minimum absolute atomic E-state index is 0.0336. The predicted octanol–water partition coefficient (Wildman–Crippen LogP) is 2.32. The van der Waals surface area contributed by atoms with E-state index in [1.54, 1.807) is 0 Å². The van der Waals surface area contributed by atoms with Gasteiger partial charge in [0.05, 0.1) is 11.8 Å². The van der Waals surface area contributed by atoms with Crippen LogP contribution in [0, 0.1) is 11.6 Å². The van der Waals surface area contributed by atoms with E-state index in [4.69, 9.17) is 4.42 Å². The molecule has 0 radical (unpaired) electrons. The molecule has 0 fully saturated rings. The van der Waals surface area contributed by atoms with Crippen LogP contribution in [0.4, 0.5) is 14.5 Å². The van der Waals surface area contributed by atoms with Crippen LogP contribution in [0.5, 0.6) is 0 Å². The molecule has 2 rings (SSSR count). The second-order valence-electron chi connectivity index (χ2n) is 4.16. The van der Waals surface area contributed by atoms with Crippen LogP contribution in [0.25, 0.3) is 0 Å². The molecule has 110 valence electrons. The van der Waals surface area contributed by atoms with Crippen molar-refractivity contribution in [2.45, 2.75) is 6.42 Å². The van der Waals surface area contributed by atoms with Gasteiger partial charge in [-0.15, -0.1) is 0 Å². The van der Waals surface area contributed by atoms with Crippen LogP contribution in [-0.2, 0) is 4.79 Å². The first-order valence-corrected chi connectivity index (χ1v) is 6.12. The monoisotopic (exact) mass is 294 g/mol. The van der Waals surface area contributed by atoms with E-state index in [2.05, 4.69) is 10.6 Å². The molecule has 0 aliphatic rings. The maximum Gasteiger partial charge on any atom is 0.254 e. The fourth-order valence-electron chi connectivity index (χ4n) is 1.60. The number of nitrogens with one attached hydrogen (secondary N) is 2. The van der Waals surface area contributed by atoms with Crippen molar-refractivity contribution < 1.29 is 22.8 Å². The van der Waals surface area contributed by atoms with Gasteiger partial charge in [-0.1, -0.05) is 6.07 Å². The van der Waals surface area contributed by atoms with Crippen molar-refractivity contribution in [1.29, 1.82) is 0 Å². The average molecular weight is 294 g/mol. The zero-order valence-corrected chi connectivity index (χ0v) is 10.9. The Hall–Kier alpha value is -2.70. The first kappa shape index (κ1) is 14.7. The molecule has 0 aliphatic heterocycles. The maximum atomic E-state index is 13.3. The van der Waals surface area contributed by atoms with Crippen LogP contribution in [0.3, 0.4) is 0 Å². The number of para-hydroxylation sites is 1. The van der Waals surface area contributed by atoms with Gasteiger partial charge in [0.2, 0.25) is 5.91 Å². The lowest BCUT2D eigenvalue weighted by Gasteiger charge is -2.08. The van der Waals surface area contributed by atoms with Crippen molar-refractivity contribution in [3.63, 3.8) is 0 Å². The highest BCUT2D eigenvalue weighted by molar-refractivity contribution is 5.95. The van der Waals surface area contributed by atoms with Gasteiger partial charge in [0, 0.05) is 13.0 Å². The third kappa shape index (κ3) is 3.88. The molecule has 5 nitrogen and oxygen atoms in total. The Labute approximate surface area is 118 Å². The highest BCUT2D eigenvalue weighted by Gasteiger charge is 2.12. The zero-order chi connectivity index (χ0) is 15.2. The topological polar surface area (TPSA) is 71.3 Å². The molecule has 0 aliphatic carbocycles. The van der Waals surface area contributed by atoms with Gasteiger partial charge < -0.3 is 15.1 Å². The Bertz CT molecular complexity index is 621. The Morgan fingerprint density at radius 2 is 1.86 bits per heavy atom. The van der Waals surface area contributed by atoms with E-state index < -0.39 is 29.1 Å². The van der Waals surface area contributed by atoms with Crippen molar-refractivity contribution in [3.8, 4) is 0 Å². The quantitative estimate of drug-likeness (QED) is 0.889. The third-order valence-corrected chi connectivity index (χ3v) is 2.65. The third-order valence-electron chi connectivity index (χ3n) is 2.65. The highest BCUT2D eigenvalue weighted by atomic mass is 19.1. The number of amides is 2. The Balaban J connectivity index is 1.82. The summed E-state index contributed by atoms with van der Waals surface area (Å²) in [5.41, 5.74) is -0.167. The van der Waals surface area contributed by atoms with Gasteiger partial charge >= 0.3 is 0 Å². The molecule has 2 aromatic rings. The molecule has 0 saturated heterocycles. The molecule has 7 heteroatoms. The fourth-order valence-corrected chi connectivity index (χ4v) is 1.60. The summed E-state index contributed by atoms with van der Waals surface area (Å²) >= 11 is 0. The molecule has 1 aromatic heterocycles. The van der Waals surface area contributed by atoms with Crippen LogP contribution in [0.2, 0.25) is 0 Å². The van der Waals surface area contributed by atoms with Crippen LogP contribution in [0.15, 0.2) is 41.2 Å². The van der Waals surface area contributed by atoms with Gasteiger partial charge in [0.1, 0.15) is 23.6 Å². The molecule has 2 amide bonds. The summed E-state index contributed by atoms with van der Waals surface area (Å²) < 4.78 is 31.4. The summed E-state index contributed by atoms with van der Waals surface area (Å²) in [5, 5.41) is 4.61. The van der Waals surface area contributed by atoms with Crippen LogP contribution >= 0.6 is 0 Å². The van der Waals surface area contributed by atoms with E-state index in [1.807, 2.05) is 0 Å². The molecular formula is C14H12F2N2O3. The van der Waals surface area contributed by atoms with E-state index in [-0.39, 0.29) is 13.0 Å². The lowest BCUT2D eigenvalue weighted by molar-refractivity contribution is -0.116. The molecule has 2 N–H and O–H groups in total. The molecule has 1 heterocycles. The highest BCUT2D eigenvalue weighted by Crippen LogP contribution is 2.17. The van der Waals surface area contributed by atoms with E-state index in [9.17, 15) is 18.4 Å². The molecule has 0 unspecified atom stereocenters. The lowest BCUT2D eigenvalue weighted by Crippen LogP contribution is -2.27. The first-order valence-electron chi connectivity index (χ1n) is 6.12. The molecule has 0 saturated carbocycles. The van der Waals surface area contributed by atoms with Crippen LogP contribution < -0.4 is 10.6 Å². The summed E-state index contributed by atoms with van der Waals surface area (Å²) in [6, 6.07) is 4.76. The van der Waals surface area contributed by atoms with Gasteiger partial charge in [-0.05, 0) is 18.2 Å². The molecule has 0 bridgehead atoms. The van der Waals surface area contributed by atoms with Crippen molar-refractivity contribution >= 4 is 17.5 Å². The van der Waals surface area contributed by atoms with Crippen LogP contribution in [0.1, 0.15) is 16.8 Å². The molecule has 0 spiro atoms. The van der Waals surface area contributed by atoms with Crippen molar-refractivity contribution in [2.24, 2.45) is 0 Å². The van der Waals surface area contributed by atoms with Gasteiger partial charge in [-0.25, -0.2) is 8.78 Å². The van der Waals surface area contributed by atoms with Gasteiger partial charge in [0.25, 0.3) is 5.91 Å². The number of hydrogen-bond acceptors (Lipinski definition) is 3. The number of rotatable bonds is 5. The number of benzene rings is 1. The Morgan fingerprint density at radius 3 is 2.48 bits per heavy atom. The maximum absolute atomic E-state index is 13.3. The summed E-state index contributed by atoms with van der Waals surface area (Å²) in [7, 11) is 0. The van der Waals surface area contributed by atoms with Crippen molar-refractivity contribution in [2.75, 3.05) is 11.9 Å². The lowest BCUT2D eigenvalue weighted by atomic mass is 10.2. The second kappa shape index (κ2) is 6.65. The summed E-state index contributed by atoms with van der Waals surface area (Å²) in [6.45, 7) is 0.0336. The van der Waals surface area contributed by atoms with Crippen LogP contribution in [-0.4, -0.2) is 18.4 Å². The number of carbonyl (C=O) groups excluding carboxylic acids is 2. The minimum Gasteiger partial charge on any atom is -0.472 e. The number of furan rings is 1. The smallest absolute Gasteiger partial charge is 0.254 e. The second-order valence-corrected chi connectivity index (χ2v) is 4.16. The van der Waals surface area contributed by atoms with Crippen molar-refractivity contribution in [3.05, 3.63) is 54.0 Å². The molecule has 1 aromatic carbocycles. The number of carbonyl (C=O) groups is 2. The predicted molar refractivity (Wildman–Crippen MR) is 70.6 cm³/mol. The summed E-state index contributed by atoms with van der Waals surface area (Å²) in [6.07, 6.45) is 2.50. The average Bonchev–Trinajstić information content (AvgIpc) is 2.97. The number of halogens is 2. The molecular weight excluding hydrogens is 282 g/mol. The largest absolute Gasteiger partial charge is 0.472 e. The first-order chi connectivity index (χ1) is 10.1. The van der Waals surface area contributed by atoms with Gasteiger partial charge in [-0.3, -0.25) is 9.59 Å². The number of hydrogen-bond donors (Lipinski definition) is 2. The SMILES string of the molecule is O=C(CCNC(=O)c1ccoc1)Nc1c(F)cccc1F. The minimum atomic E-state index is -0.856. The normalized spacial score (nSPS) is 10.2. The van der Waals surface area contributed by atoms with Gasteiger partial charge in [0.15, 0.2) is 0 Å². The Kier molecular flexibility index (Phi) is 4.65. The fraction of sp³-hybridized carbons (Fsp3) is 0.143. The standard InChI is InChI=1S/C14H12F2N2O3/c15-10-2-1-3-11(16)13(10)18-12(19)4-6-17-14(20)9-5-7-21-8-9/h1-3,5,7-8H,4,6H2,(H,17,20)(H,18,19). The van der Waals surface area contributed by atoms with E-state index in [0.29, 0.717) is 5.56 Å². The van der Waals surface area contributed by atoms with E-state index in [0.717, 1.165) is 12.1 Å². The molecule has 21 heavy (non-hydrogen) atoms. The zero-order valence-electron chi connectivity index (χ0n) is 10.9. The van der Waals surface area contributed by atoms with Gasteiger partial charge in [-0.2, -0.15) is 0 Å². The van der Waals surface area contributed by atoms with E-state index in [1.165, 1.54) is 24.7 Å². The van der Waals surface area contributed by atoms with Crippen molar-refractivity contribution in [1.82, 2.24) is 5.32 Å². The van der Waals surface area contributed by atoms with E-state index >= 15 is 0 Å². The summed E-state index contributed by atoms with van der Waals surface area (Å²) in [5.74, 6) is -2.71. The number of anilines is 1.